The number of hydrogen-bond acceptors (Lipinski definition) is 1. The molecule has 1 aromatic carbocycles. The van der Waals surface area contributed by atoms with Gasteiger partial charge in [0, 0.05) is 15.6 Å². The van der Waals surface area contributed by atoms with Crippen LogP contribution in [0, 0.1) is 11.8 Å². The summed E-state index contributed by atoms with van der Waals surface area (Å²) in [4.78, 5) is 0. The zero-order valence-electron chi connectivity index (χ0n) is 13.4. The number of nitrogens with one attached hydrogen (secondary N) is 1. The first-order chi connectivity index (χ1) is 9.87. The van der Waals surface area contributed by atoms with Crippen molar-refractivity contribution >= 4 is 23.2 Å². The fraction of sp³-hybridized carbons (Fsp3) is 0.667. The lowest BCUT2D eigenvalue weighted by Crippen LogP contribution is -2.41. The first-order valence-electron chi connectivity index (χ1n) is 8.05. The first kappa shape index (κ1) is 17.1. The molecule has 0 amide bonds. The van der Waals surface area contributed by atoms with Crippen molar-refractivity contribution in [2.24, 2.45) is 11.8 Å². The van der Waals surface area contributed by atoms with Crippen LogP contribution in [0.15, 0.2) is 18.2 Å². The summed E-state index contributed by atoms with van der Waals surface area (Å²) in [5.41, 5.74) is 1.32. The van der Waals surface area contributed by atoms with Gasteiger partial charge in [-0.25, -0.2) is 0 Å². The molecule has 2 rings (SSSR count). The van der Waals surface area contributed by atoms with Crippen LogP contribution in [0.25, 0.3) is 0 Å². The van der Waals surface area contributed by atoms with E-state index in [0.29, 0.717) is 5.92 Å². The zero-order chi connectivity index (χ0) is 15.5. The van der Waals surface area contributed by atoms with Crippen LogP contribution in [0.3, 0.4) is 0 Å². The van der Waals surface area contributed by atoms with Crippen molar-refractivity contribution < 1.29 is 0 Å². The molecule has 0 spiro atoms. The van der Waals surface area contributed by atoms with E-state index in [2.05, 4.69) is 26.1 Å². The van der Waals surface area contributed by atoms with Crippen molar-refractivity contribution in [3.63, 3.8) is 0 Å². The summed E-state index contributed by atoms with van der Waals surface area (Å²) < 4.78 is 0. The Bertz CT molecular complexity index is 445. The van der Waals surface area contributed by atoms with E-state index in [1.54, 1.807) is 0 Å². The van der Waals surface area contributed by atoms with Gasteiger partial charge in [0.25, 0.3) is 0 Å². The number of rotatable bonds is 4. The van der Waals surface area contributed by atoms with Crippen molar-refractivity contribution in [1.29, 1.82) is 0 Å². The van der Waals surface area contributed by atoms with Crippen molar-refractivity contribution in [2.45, 2.75) is 58.4 Å². The first-order valence-corrected chi connectivity index (χ1v) is 8.80. The SMILES string of the molecule is CC(C)(C)NCC1CCCCC1Cc1c(Cl)cccc1Cl. The highest BCUT2D eigenvalue weighted by Crippen LogP contribution is 2.36. The number of halogens is 2. The molecule has 21 heavy (non-hydrogen) atoms. The van der Waals surface area contributed by atoms with Crippen LogP contribution >= 0.6 is 23.2 Å². The van der Waals surface area contributed by atoms with Crippen molar-refractivity contribution in [1.82, 2.24) is 5.32 Å². The summed E-state index contributed by atoms with van der Waals surface area (Å²) in [7, 11) is 0. The van der Waals surface area contributed by atoms with Crippen LogP contribution in [0.1, 0.15) is 52.0 Å². The van der Waals surface area contributed by atoms with E-state index in [4.69, 9.17) is 23.2 Å². The normalized spacial score (nSPS) is 23.3. The average molecular weight is 328 g/mol. The molecule has 3 heteroatoms. The van der Waals surface area contributed by atoms with Crippen molar-refractivity contribution in [2.75, 3.05) is 6.54 Å². The standard InChI is InChI=1S/C18H27Cl2N/c1-18(2,3)21-12-14-8-5-4-7-13(14)11-15-16(19)9-6-10-17(15)20/h6,9-10,13-14,21H,4-5,7-8,11-12H2,1-3H3. The molecule has 0 aliphatic heterocycles. The van der Waals surface area contributed by atoms with Crippen LogP contribution in [0.2, 0.25) is 10.0 Å². The second kappa shape index (κ2) is 7.35. The molecule has 2 unspecified atom stereocenters. The molecule has 0 radical (unpaired) electrons. The Hall–Kier alpha value is -0.240. The van der Waals surface area contributed by atoms with Crippen molar-refractivity contribution in [3.05, 3.63) is 33.8 Å². The molecule has 118 valence electrons. The summed E-state index contributed by atoms with van der Waals surface area (Å²) in [5, 5.41) is 5.30. The van der Waals surface area contributed by atoms with Crippen LogP contribution in [-0.4, -0.2) is 12.1 Å². The summed E-state index contributed by atoms with van der Waals surface area (Å²) in [5.74, 6) is 1.41. The molecule has 0 bridgehead atoms. The predicted molar refractivity (Wildman–Crippen MR) is 93.4 cm³/mol. The van der Waals surface area contributed by atoms with Gasteiger partial charge in [-0.05, 0) is 76.1 Å². The van der Waals surface area contributed by atoms with E-state index in [0.717, 1.165) is 34.5 Å². The van der Waals surface area contributed by atoms with Gasteiger partial charge in [-0.3, -0.25) is 0 Å². The van der Waals surface area contributed by atoms with Crippen LogP contribution in [-0.2, 0) is 6.42 Å². The molecular formula is C18H27Cl2N. The highest BCUT2D eigenvalue weighted by molar-refractivity contribution is 6.35. The van der Waals surface area contributed by atoms with Gasteiger partial charge in [0.2, 0.25) is 0 Å². The maximum Gasteiger partial charge on any atom is 0.0452 e. The molecule has 1 saturated carbocycles. The Morgan fingerprint density at radius 3 is 2.19 bits per heavy atom. The fourth-order valence-electron chi connectivity index (χ4n) is 3.25. The third kappa shape index (κ3) is 5.16. The Labute approximate surface area is 139 Å². The quantitative estimate of drug-likeness (QED) is 0.744. The molecule has 0 aromatic heterocycles. The number of benzene rings is 1. The topological polar surface area (TPSA) is 12.0 Å². The lowest BCUT2D eigenvalue weighted by molar-refractivity contribution is 0.213. The van der Waals surface area contributed by atoms with Crippen LogP contribution < -0.4 is 5.32 Å². The van der Waals surface area contributed by atoms with Gasteiger partial charge >= 0.3 is 0 Å². The second-order valence-corrected chi connectivity index (χ2v) is 8.15. The van der Waals surface area contributed by atoms with Crippen LogP contribution in [0.4, 0.5) is 0 Å². The minimum atomic E-state index is 0.185. The highest BCUT2D eigenvalue weighted by atomic mass is 35.5. The average Bonchev–Trinajstić information content (AvgIpc) is 2.41. The van der Waals surface area contributed by atoms with E-state index in [9.17, 15) is 0 Å². The fourth-order valence-corrected chi connectivity index (χ4v) is 3.80. The summed E-state index contributed by atoms with van der Waals surface area (Å²) in [6.45, 7) is 7.79. The van der Waals surface area contributed by atoms with E-state index in [-0.39, 0.29) is 5.54 Å². The summed E-state index contributed by atoms with van der Waals surface area (Å²) >= 11 is 12.7. The van der Waals surface area contributed by atoms with E-state index in [1.807, 2.05) is 18.2 Å². The van der Waals surface area contributed by atoms with E-state index >= 15 is 0 Å². The molecule has 1 aliphatic rings. The molecule has 1 aromatic rings. The smallest absolute Gasteiger partial charge is 0.0452 e. The largest absolute Gasteiger partial charge is 0.312 e. The van der Waals surface area contributed by atoms with Gasteiger partial charge in [0.1, 0.15) is 0 Å². The predicted octanol–water partition coefficient (Wildman–Crippen LogP) is 5.73. The maximum absolute atomic E-state index is 6.35. The zero-order valence-corrected chi connectivity index (χ0v) is 14.9. The van der Waals surface area contributed by atoms with E-state index < -0.39 is 0 Å². The lowest BCUT2D eigenvalue weighted by atomic mass is 9.76. The molecule has 1 fully saturated rings. The van der Waals surface area contributed by atoms with Gasteiger partial charge < -0.3 is 5.32 Å². The van der Waals surface area contributed by atoms with Gasteiger partial charge in [-0.15, -0.1) is 0 Å². The molecule has 1 aliphatic carbocycles. The molecule has 2 atom stereocenters. The third-order valence-corrected chi connectivity index (χ3v) is 5.20. The molecule has 0 saturated heterocycles. The van der Waals surface area contributed by atoms with Gasteiger partial charge in [-0.2, -0.15) is 0 Å². The van der Waals surface area contributed by atoms with E-state index in [1.165, 1.54) is 25.7 Å². The maximum atomic E-state index is 6.35. The van der Waals surface area contributed by atoms with Gasteiger partial charge in [0.15, 0.2) is 0 Å². The highest BCUT2D eigenvalue weighted by Gasteiger charge is 2.27. The Kier molecular flexibility index (Phi) is 5.99. The van der Waals surface area contributed by atoms with Crippen LogP contribution in [0.5, 0.6) is 0 Å². The number of hydrogen-bond donors (Lipinski definition) is 1. The Morgan fingerprint density at radius 2 is 1.62 bits per heavy atom. The molecule has 1 nitrogen and oxygen atoms in total. The minimum absolute atomic E-state index is 0.185. The van der Waals surface area contributed by atoms with Gasteiger partial charge in [-0.1, -0.05) is 42.1 Å². The monoisotopic (exact) mass is 327 g/mol. The third-order valence-electron chi connectivity index (χ3n) is 4.49. The summed E-state index contributed by atoms with van der Waals surface area (Å²) in [6, 6.07) is 5.83. The molecular weight excluding hydrogens is 301 g/mol. The Morgan fingerprint density at radius 1 is 1.05 bits per heavy atom. The van der Waals surface area contributed by atoms with Gasteiger partial charge in [0.05, 0.1) is 0 Å². The van der Waals surface area contributed by atoms with Crippen molar-refractivity contribution in [3.8, 4) is 0 Å². The lowest BCUT2D eigenvalue weighted by Gasteiger charge is -2.34. The summed E-state index contributed by atoms with van der Waals surface area (Å²) in [6.07, 6.45) is 6.30. The molecule has 1 N–H and O–H groups in total. The second-order valence-electron chi connectivity index (χ2n) is 7.34. The minimum Gasteiger partial charge on any atom is -0.312 e. The Balaban J connectivity index is 2.05. The molecule has 0 heterocycles.